The van der Waals surface area contributed by atoms with Crippen LogP contribution in [-0.2, 0) is 3.79 Å². The summed E-state index contributed by atoms with van der Waals surface area (Å²) in [6.07, 6.45) is 0. The Labute approximate surface area is 97.4 Å². The summed E-state index contributed by atoms with van der Waals surface area (Å²) in [5.41, 5.74) is 0.640. The number of benzene rings is 2. The SMILES string of the molecule is ClC(Cl)(Cl)c1c[c]c2ccccc2c1. The molecule has 0 aliphatic heterocycles. The minimum atomic E-state index is -1.37. The zero-order valence-electron chi connectivity index (χ0n) is 7.10. The molecule has 0 bridgehead atoms. The van der Waals surface area contributed by atoms with Crippen LogP contribution in [0.4, 0.5) is 0 Å². The predicted octanol–water partition coefficient (Wildman–Crippen LogP) is 4.47. The molecule has 0 fully saturated rings. The molecule has 0 saturated carbocycles. The average molecular weight is 245 g/mol. The second-order valence-electron chi connectivity index (χ2n) is 2.97. The molecule has 71 valence electrons. The molecule has 2 aromatic rings. The molecule has 0 amide bonds. The standard InChI is InChI=1S/C11H6Cl3/c12-11(13,14)10-6-5-8-3-1-2-4-9(8)7-10/h1-4,6-7H. The largest absolute Gasteiger partial charge is 0.216 e. The van der Waals surface area contributed by atoms with Crippen molar-refractivity contribution in [1.29, 1.82) is 0 Å². The zero-order valence-corrected chi connectivity index (χ0v) is 9.37. The Kier molecular flexibility index (Phi) is 2.61. The van der Waals surface area contributed by atoms with E-state index in [9.17, 15) is 0 Å². The fourth-order valence-corrected chi connectivity index (χ4v) is 1.61. The number of hydrogen-bond donors (Lipinski definition) is 0. The second-order valence-corrected chi connectivity index (χ2v) is 5.25. The molecule has 0 aromatic heterocycles. The van der Waals surface area contributed by atoms with Crippen LogP contribution in [0.5, 0.6) is 0 Å². The van der Waals surface area contributed by atoms with E-state index < -0.39 is 3.79 Å². The molecule has 14 heavy (non-hydrogen) atoms. The van der Waals surface area contributed by atoms with Crippen LogP contribution in [-0.4, -0.2) is 0 Å². The predicted molar refractivity (Wildman–Crippen MR) is 62.0 cm³/mol. The van der Waals surface area contributed by atoms with Gasteiger partial charge in [0.1, 0.15) is 0 Å². The third-order valence-corrected chi connectivity index (χ3v) is 2.64. The van der Waals surface area contributed by atoms with Crippen LogP contribution in [0.3, 0.4) is 0 Å². The van der Waals surface area contributed by atoms with E-state index in [1.807, 2.05) is 30.3 Å². The van der Waals surface area contributed by atoms with E-state index in [2.05, 4.69) is 6.07 Å². The third kappa shape index (κ3) is 1.98. The molecule has 2 rings (SSSR count). The van der Waals surface area contributed by atoms with Gasteiger partial charge in [-0.2, -0.15) is 0 Å². The number of alkyl halides is 3. The number of halogens is 3. The van der Waals surface area contributed by atoms with E-state index in [0.29, 0.717) is 5.56 Å². The van der Waals surface area contributed by atoms with Crippen molar-refractivity contribution in [2.75, 3.05) is 0 Å². The molecular formula is C11H6Cl3. The molecule has 2 aromatic carbocycles. The average Bonchev–Trinajstić information content (AvgIpc) is 2.16. The molecule has 0 aliphatic carbocycles. The molecule has 0 spiro atoms. The Morgan fingerprint density at radius 2 is 1.79 bits per heavy atom. The lowest BCUT2D eigenvalue weighted by Crippen LogP contribution is -1.99. The van der Waals surface area contributed by atoms with Gasteiger partial charge in [-0.15, -0.1) is 0 Å². The van der Waals surface area contributed by atoms with Gasteiger partial charge in [-0.1, -0.05) is 59.1 Å². The number of hydrogen-bond acceptors (Lipinski definition) is 0. The first-order valence-corrected chi connectivity index (χ1v) is 5.18. The lowest BCUT2D eigenvalue weighted by atomic mass is 10.1. The van der Waals surface area contributed by atoms with Gasteiger partial charge in [0.25, 0.3) is 0 Å². The quantitative estimate of drug-likeness (QED) is 0.600. The molecule has 0 atom stereocenters. The summed E-state index contributed by atoms with van der Waals surface area (Å²) >= 11 is 17.3. The Morgan fingerprint density at radius 3 is 2.50 bits per heavy atom. The molecule has 0 N–H and O–H groups in total. The van der Waals surface area contributed by atoms with Crippen LogP contribution < -0.4 is 0 Å². The van der Waals surface area contributed by atoms with Gasteiger partial charge in [0.05, 0.1) is 0 Å². The summed E-state index contributed by atoms with van der Waals surface area (Å²) < 4.78 is -1.37. The summed E-state index contributed by atoms with van der Waals surface area (Å²) in [6.45, 7) is 0. The summed E-state index contributed by atoms with van der Waals surface area (Å²) in [4.78, 5) is 0. The Hall–Kier alpha value is -0.430. The molecule has 1 radical (unpaired) electrons. The van der Waals surface area contributed by atoms with Gasteiger partial charge >= 0.3 is 0 Å². The van der Waals surface area contributed by atoms with Gasteiger partial charge in [0.15, 0.2) is 0 Å². The highest BCUT2D eigenvalue weighted by atomic mass is 35.6. The second kappa shape index (κ2) is 3.62. The molecule has 3 heteroatoms. The van der Waals surface area contributed by atoms with Crippen molar-refractivity contribution in [1.82, 2.24) is 0 Å². The molecule has 0 unspecified atom stereocenters. The van der Waals surface area contributed by atoms with Gasteiger partial charge in [0.2, 0.25) is 3.79 Å². The molecular weight excluding hydrogens is 238 g/mol. The van der Waals surface area contributed by atoms with E-state index in [4.69, 9.17) is 34.8 Å². The van der Waals surface area contributed by atoms with Crippen molar-refractivity contribution >= 4 is 45.6 Å². The molecule has 0 aliphatic rings. The Bertz CT molecular complexity index is 457. The van der Waals surface area contributed by atoms with E-state index in [1.165, 1.54) is 0 Å². The van der Waals surface area contributed by atoms with Crippen LogP contribution >= 0.6 is 34.8 Å². The van der Waals surface area contributed by atoms with Crippen molar-refractivity contribution in [2.24, 2.45) is 0 Å². The first-order valence-electron chi connectivity index (χ1n) is 4.05. The Morgan fingerprint density at radius 1 is 1.07 bits per heavy atom. The van der Waals surface area contributed by atoms with Crippen LogP contribution in [0.25, 0.3) is 10.8 Å². The maximum absolute atomic E-state index is 5.77. The molecule has 0 nitrogen and oxygen atoms in total. The topological polar surface area (TPSA) is 0 Å². The van der Waals surface area contributed by atoms with Crippen LogP contribution in [0, 0.1) is 6.07 Å². The molecule has 0 saturated heterocycles. The van der Waals surface area contributed by atoms with Gasteiger partial charge in [-0.05, 0) is 29.0 Å². The highest BCUT2D eigenvalue weighted by molar-refractivity contribution is 6.66. The van der Waals surface area contributed by atoms with Crippen molar-refractivity contribution < 1.29 is 0 Å². The summed E-state index contributed by atoms with van der Waals surface area (Å²) in [6, 6.07) is 14.5. The minimum absolute atomic E-state index is 0.640. The first-order chi connectivity index (χ1) is 6.57. The van der Waals surface area contributed by atoms with Crippen molar-refractivity contribution in [3.63, 3.8) is 0 Å². The van der Waals surface area contributed by atoms with Crippen molar-refractivity contribution in [3.8, 4) is 0 Å². The Balaban J connectivity index is 2.63. The van der Waals surface area contributed by atoms with E-state index >= 15 is 0 Å². The van der Waals surface area contributed by atoms with Crippen molar-refractivity contribution in [3.05, 3.63) is 48.0 Å². The maximum Gasteiger partial charge on any atom is 0.216 e. The van der Waals surface area contributed by atoms with Gasteiger partial charge in [-0.3, -0.25) is 0 Å². The fraction of sp³-hybridized carbons (Fsp3) is 0.0909. The number of rotatable bonds is 0. The lowest BCUT2D eigenvalue weighted by molar-refractivity contribution is 1.25. The minimum Gasteiger partial charge on any atom is -0.0784 e. The van der Waals surface area contributed by atoms with Crippen molar-refractivity contribution in [2.45, 2.75) is 3.79 Å². The summed E-state index contributed by atoms with van der Waals surface area (Å²) in [7, 11) is 0. The van der Waals surface area contributed by atoms with E-state index in [0.717, 1.165) is 10.8 Å². The maximum atomic E-state index is 5.77. The first kappa shape index (κ1) is 10.1. The molecule has 0 heterocycles. The third-order valence-electron chi connectivity index (χ3n) is 1.98. The fourth-order valence-electron chi connectivity index (χ4n) is 1.28. The van der Waals surface area contributed by atoms with Gasteiger partial charge < -0.3 is 0 Å². The summed E-state index contributed by atoms with van der Waals surface area (Å²) in [5, 5.41) is 2.04. The lowest BCUT2D eigenvalue weighted by Gasteiger charge is -2.11. The number of fused-ring (bicyclic) bond motifs is 1. The highest BCUT2D eigenvalue weighted by Crippen LogP contribution is 2.38. The van der Waals surface area contributed by atoms with Gasteiger partial charge in [-0.25, -0.2) is 0 Å². The summed E-state index contributed by atoms with van der Waals surface area (Å²) in [5.74, 6) is 0. The normalized spacial score (nSPS) is 11.9. The van der Waals surface area contributed by atoms with Crippen LogP contribution in [0.1, 0.15) is 5.56 Å². The van der Waals surface area contributed by atoms with E-state index in [1.54, 1.807) is 6.07 Å². The van der Waals surface area contributed by atoms with Crippen LogP contribution in [0.2, 0.25) is 0 Å². The smallest absolute Gasteiger partial charge is 0.0784 e. The monoisotopic (exact) mass is 243 g/mol. The zero-order chi connectivity index (χ0) is 10.2. The van der Waals surface area contributed by atoms with E-state index in [-0.39, 0.29) is 0 Å². The highest BCUT2D eigenvalue weighted by Gasteiger charge is 2.22. The van der Waals surface area contributed by atoms with Gasteiger partial charge in [0, 0.05) is 5.56 Å². The van der Waals surface area contributed by atoms with Crippen LogP contribution in [0.15, 0.2) is 36.4 Å².